The van der Waals surface area contributed by atoms with Gasteiger partial charge in [0.25, 0.3) is 0 Å². The lowest BCUT2D eigenvalue weighted by Crippen LogP contribution is -2.43. The lowest BCUT2D eigenvalue weighted by Gasteiger charge is -2.44. The topological polar surface area (TPSA) is 3.24 Å². The molecule has 0 radical (unpaired) electrons. The highest BCUT2D eigenvalue weighted by molar-refractivity contribution is 5.08. The van der Waals surface area contributed by atoms with Crippen LogP contribution in [0.3, 0.4) is 0 Å². The van der Waals surface area contributed by atoms with Crippen LogP contribution in [0.1, 0.15) is 116 Å². The Labute approximate surface area is 144 Å². The van der Waals surface area contributed by atoms with Crippen molar-refractivity contribution in [2.24, 2.45) is 0 Å². The molecule has 0 amide bonds. The van der Waals surface area contributed by atoms with Gasteiger partial charge in [0.1, 0.15) is 0 Å². The molecule has 1 heteroatoms. The highest BCUT2D eigenvalue weighted by atomic mass is 15.2. The summed E-state index contributed by atoms with van der Waals surface area (Å²) >= 11 is 0. The minimum atomic E-state index is 0.865. The Morgan fingerprint density at radius 3 is 1.48 bits per heavy atom. The van der Waals surface area contributed by atoms with Crippen molar-refractivity contribution in [2.75, 3.05) is 0 Å². The largest absolute Gasteiger partial charge is 0.369 e. The first-order valence-electron chi connectivity index (χ1n) is 10.9. The second-order valence-corrected chi connectivity index (χ2v) is 8.35. The van der Waals surface area contributed by atoms with Crippen molar-refractivity contribution in [3.63, 3.8) is 0 Å². The van der Waals surface area contributed by atoms with Crippen molar-refractivity contribution in [1.29, 1.82) is 0 Å². The molecule has 0 bridgehead atoms. The maximum atomic E-state index is 3.01. The summed E-state index contributed by atoms with van der Waals surface area (Å²) in [5, 5.41) is 0. The van der Waals surface area contributed by atoms with Gasteiger partial charge in [0.15, 0.2) is 0 Å². The van der Waals surface area contributed by atoms with Gasteiger partial charge in [-0.05, 0) is 51.4 Å². The third-order valence-electron chi connectivity index (χ3n) is 6.53. The molecule has 0 N–H and O–H groups in total. The quantitative estimate of drug-likeness (QED) is 0.543. The lowest BCUT2D eigenvalue weighted by molar-refractivity contribution is 0.125. The number of rotatable bonds is 3. The zero-order valence-corrected chi connectivity index (χ0v) is 15.4. The van der Waals surface area contributed by atoms with E-state index < -0.39 is 0 Å². The molecule has 1 nitrogen and oxygen atoms in total. The van der Waals surface area contributed by atoms with Crippen molar-refractivity contribution in [2.45, 2.75) is 128 Å². The van der Waals surface area contributed by atoms with Gasteiger partial charge in [0.2, 0.25) is 0 Å². The summed E-state index contributed by atoms with van der Waals surface area (Å²) in [5.41, 5.74) is 1.76. The molecular weight excluding hydrogens is 278 g/mol. The molecule has 3 aliphatic carbocycles. The van der Waals surface area contributed by atoms with Crippen LogP contribution in [0.4, 0.5) is 0 Å². The van der Waals surface area contributed by atoms with Crippen LogP contribution >= 0.6 is 0 Å². The number of allylic oxidation sites excluding steroid dienone is 2. The highest BCUT2D eigenvalue weighted by Gasteiger charge is 2.28. The highest BCUT2D eigenvalue weighted by Crippen LogP contribution is 2.34. The fourth-order valence-electron chi connectivity index (χ4n) is 5.25. The first kappa shape index (κ1) is 17.4. The zero-order chi connectivity index (χ0) is 15.7. The molecule has 3 rings (SSSR count). The average molecular weight is 318 g/mol. The first-order chi connectivity index (χ1) is 11.4. The Kier molecular flexibility index (Phi) is 7.36. The van der Waals surface area contributed by atoms with Gasteiger partial charge in [-0.15, -0.1) is 0 Å². The van der Waals surface area contributed by atoms with Crippen LogP contribution in [0.25, 0.3) is 0 Å². The van der Waals surface area contributed by atoms with E-state index in [1.165, 1.54) is 116 Å². The van der Waals surface area contributed by atoms with Crippen molar-refractivity contribution in [1.82, 2.24) is 4.90 Å². The molecule has 0 heterocycles. The van der Waals surface area contributed by atoms with Gasteiger partial charge in [-0.2, -0.15) is 0 Å². The number of nitrogens with zero attached hydrogens (tertiary/aromatic N) is 1. The van der Waals surface area contributed by atoms with Crippen LogP contribution in [-0.4, -0.2) is 17.0 Å². The number of hydrogen-bond acceptors (Lipinski definition) is 1. The predicted molar refractivity (Wildman–Crippen MR) is 101 cm³/mol. The molecule has 0 aliphatic heterocycles. The molecule has 2 fully saturated rings. The molecule has 0 spiro atoms. The predicted octanol–water partition coefficient (Wildman–Crippen LogP) is 6.97. The maximum Gasteiger partial charge on any atom is 0.0289 e. The Bertz CT molecular complexity index is 321. The van der Waals surface area contributed by atoms with Crippen LogP contribution in [0.2, 0.25) is 0 Å². The Morgan fingerprint density at radius 2 is 1.04 bits per heavy atom. The van der Waals surface area contributed by atoms with E-state index in [1.54, 1.807) is 5.70 Å². The molecule has 0 aromatic carbocycles. The molecule has 0 aromatic rings. The van der Waals surface area contributed by atoms with Crippen molar-refractivity contribution < 1.29 is 0 Å². The molecule has 23 heavy (non-hydrogen) atoms. The van der Waals surface area contributed by atoms with Crippen molar-refractivity contribution in [3.05, 3.63) is 11.8 Å². The van der Waals surface area contributed by atoms with Crippen LogP contribution in [0, 0.1) is 0 Å². The van der Waals surface area contributed by atoms with Crippen LogP contribution in [0.5, 0.6) is 0 Å². The summed E-state index contributed by atoms with van der Waals surface area (Å²) in [6.07, 6.45) is 28.8. The van der Waals surface area contributed by atoms with E-state index in [4.69, 9.17) is 0 Å². The van der Waals surface area contributed by atoms with Gasteiger partial charge in [-0.25, -0.2) is 0 Å². The van der Waals surface area contributed by atoms with Gasteiger partial charge >= 0.3 is 0 Å². The normalized spacial score (nSPS) is 26.5. The Morgan fingerprint density at radius 1 is 0.565 bits per heavy atom. The summed E-state index contributed by atoms with van der Waals surface area (Å²) in [6, 6.07) is 1.73. The summed E-state index contributed by atoms with van der Waals surface area (Å²) in [5.74, 6) is 0. The average Bonchev–Trinajstić information content (AvgIpc) is 2.52. The van der Waals surface area contributed by atoms with Crippen LogP contribution in [0.15, 0.2) is 11.8 Å². The molecule has 0 unspecified atom stereocenters. The van der Waals surface area contributed by atoms with Gasteiger partial charge in [0, 0.05) is 17.8 Å². The van der Waals surface area contributed by atoms with Crippen LogP contribution in [-0.2, 0) is 0 Å². The van der Waals surface area contributed by atoms with E-state index in [1.807, 2.05) is 0 Å². The van der Waals surface area contributed by atoms with E-state index in [-0.39, 0.29) is 0 Å². The fraction of sp³-hybridized carbons (Fsp3) is 0.909. The van der Waals surface area contributed by atoms with Gasteiger partial charge in [-0.1, -0.05) is 70.3 Å². The maximum absolute atomic E-state index is 3.01. The molecule has 2 saturated carbocycles. The monoisotopic (exact) mass is 317 g/mol. The summed E-state index contributed by atoms with van der Waals surface area (Å²) in [7, 11) is 0. The molecular formula is C22H39N. The molecule has 0 saturated heterocycles. The van der Waals surface area contributed by atoms with Gasteiger partial charge in [0.05, 0.1) is 0 Å². The summed E-state index contributed by atoms with van der Waals surface area (Å²) < 4.78 is 0. The molecule has 0 atom stereocenters. The zero-order valence-electron chi connectivity index (χ0n) is 15.4. The minimum Gasteiger partial charge on any atom is -0.369 e. The SMILES string of the molecule is C1=C(N(C2CCCCCCC2)C2CCCCCCC2)CCCC1. The van der Waals surface area contributed by atoms with E-state index in [0.717, 1.165) is 12.1 Å². The van der Waals surface area contributed by atoms with Gasteiger partial charge < -0.3 is 4.90 Å². The summed E-state index contributed by atoms with van der Waals surface area (Å²) in [4.78, 5) is 3.01. The molecule has 0 aromatic heterocycles. The summed E-state index contributed by atoms with van der Waals surface area (Å²) in [6.45, 7) is 0. The standard InChI is InChI=1S/C22H39N/c1-3-8-14-20(15-9-4-1)23(22-18-12-7-13-19-22)21-16-10-5-2-6-11-17-21/h18,20-21H,1-17,19H2. The molecule has 132 valence electrons. The second-order valence-electron chi connectivity index (χ2n) is 8.35. The van der Waals surface area contributed by atoms with Crippen molar-refractivity contribution in [3.8, 4) is 0 Å². The van der Waals surface area contributed by atoms with E-state index >= 15 is 0 Å². The second kappa shape index (κ2) is 9.74. The fourth-order valence-corrected chi connectivity index (χ4v) is 5.25. The van der Waals surface area contributed by atoms with Crippen LogP contribution < -0.4 is 0 Å². The van der Waals surface area contributed by atoms with E-state index in [0.29, 0.717) is 0 Å². The Balaban J connectivity index is 1.74. The smallest absolute Gasteiger partial charge is 0.0289 e. The number of hydrogen-bond donors (Lipinski definition) is 0. The lowest BCUT2D eigenvalue weighted by atomic mass is 9.88. The third kappa shape index (κ3) is 5.26. The van der Waals surface area contributed by atoms with E-state index in [2.05, 4.69) is 11.0 Å². The van der Waals surface area contributed by atoms with Gasteiger partial charge in [-0.3, -0.25) is 0 Å². The Hall–Kier alpha value is -0.460. The van der Waals surface area contributed by atoms with E-state index in [9.17, 15) is 0 Å². The molecule has 3 aliphatic rings. The minimum absolute atomic E-state index is 0.865. The third-order valence-corrected chi connectivity index (χ3v) is 6.53. The van der Waals surface area contributed by atoms with Crippen molar-refractivity contribution >= 4 is 0 Å². The first-order valence-corrected chi connectivity index (χ1v) is 10.9.